The summed E-state index contributed by atoms with van der Waals surface area (Å²) >= 11 is 0. The molecule has 0 aromatic carbocycles. The van der Waals surface area contributed by atoms with Crippen LogP contribution in [-0.4, -0.2) is 43.7 Å². The van der Waals surface area contributed by atoms with Crippen molar-refractivity contribution >= 4 is 10.1 Å². The van der Waals surface area contributed by atoms with E-state index in [1.165, 1.54) is 57.8 Å². The number of hydrogen-bond acceptors (Lipinski definition) is 5. The van der Waals surface area contributed by atoms with E-state index in [1.807, 2.05) is 0 Å². The van der Waals surface area contributed by atoms with Crippen molar-refractivity contribution in [1.29, 1.82) is 0 Å². The van der Waals surface area contributed by atoms with E-state index in [0.717, 1.165) is 25.5 Å². The predicted molar refractivity (Wildman–Crippen MR) is 103 cm³/mol. The zero-order valence-electron chi connectivity index (χ0n) is 16.3. The van der Waals surface area contributed by atoms with E-state index < -0.39 is 22.3 Å². The first-order valence-corrected chi connectivity index (χ1v) is 11.9. The molecule has 0 fully saturated rings. The van der Waals surface area contributed by atoms with Crippen molar-refractivity contribution in [1.82, 2.24) is 0 Å². The summed E-state index contributed by atoms with van der Waals surface area (Å²) in [6.45, 7) is 2.06. The van der Waals surface area contributed by atoms with Crippen LogP contribution < -0.4 is 0 Å². The summed E-state index contributed by atoms with van der Waals surface area (Å²) in [5.74, 6) is 0. The van der Waals surface area contributed by atoms with Gasteiger partial charge in [-0.25, -0.2) is 0 Å². The molecule has 2 N–H and O–H groups in total. The Bertz CT molecular complexity index is 383. The molecule has 0 spiro atoms. The van der Waals surface area contributed by atoms with Crippen molar-refractivity contribution in [2.24, 2.45) is 0 Å². The molecule has 0 amide bonds. The summed E-state index contributed by atoms with van der Waals surface area (Å²) in [7, 11) is -3.59. The lowest BCUT2D eigenvalue weighted by atomic mass is 10.0. The predicted octanol–water partition coefficient (Wildman–Crippen LogP) is 4.17. The van der Waals surface area contributed by atoms with E-state index in [9.17, 15) is 13.5 Å². The van der Waals surface area contributed by atoms with Crippen LogP contribution in [0.2, 0.25) is 0 Å². The lowest BCUT2D eigenvalue weighted by Crippen LogP contribution is -2.31. The number of aliphatic hydroxyl groups excluding tert-OH is 2. The Balaban J connectivity index is 3.67. The average Bonchev–Trinajstić information content (AvgIpc) is 2.54. The molecule has 2 unspecified atom stereocenters. The third kappa shape index (κ3) is 17.0. The van der Waals surface area contributed by atoms with E-state index >= 15 is 0 Å². The van der Waals surface area contributed by atoms with Gasteiger partial charge in [-0.2, -0.15) is 8.42 Å². The van der Waals surface area contributed by atoms with Crippen LogP contribution in [0, 0.1) is 0 Å². The summed E-state index contributed by atoms with van der Waals surface area (Å²) in [5.41, 5.74) is 0. The van der Waals surface area contributed by atoms with Crippen LogP contribution in [0.1, 0.15) is 96.8 Å². The van der Waals surface area contributed by atoms with Gasteiger partial charge < -0.3 is 10.2 Å². The van der Waals surface area contributed by atoms with Gasteiger partial charge in [0.1, 0.15) is 6.10 Å². The first-order chi connectivity index (χ1) is 11.9. The lowest BCUT2D eigenvalue weighted by Gasteiger charge is -2.21. The van der Waals surface area contributed by atoms with Crippen molar-refractivity contribution in [2.75, 3.05) is 12.9 Å². The van der Waals surface area contributed by atoms with Gasteiger partial charge >= 0.3 is 0 Å². The third-order valence-corrected chi connectivity index (χ3v) is 5.09. The Kier molecular flexibility index (Phi) is 15.9. The highest BCUT2D eigenvalue weighted by atomic mass is 32.2. The van der Waals surface area contributed by atoms with Crippen LogP contribution >= 0.6 is 0 Å². The Hall–Kier alpha value is -0.170. The van der Waals surface area contributed by atoms with Crippen molar-refractivity contribution in [3.63, 3.8) is 0 Å². The molecule has 0 rings (SSSR count). The van der Waals surface area contributed by atoms with Gasteiger partial charge in [0.25, 0.3) is 10.1 Å². The SMILES string of the molecule is CCCCCCCCCCCCCCC(OS(C)(=O)=O)C(O)CCO. The van der Waals surface area contributed by atoms with E-state index in [4.69, 9.17) is 9.29 Å². The molecule has 2 atom stereocenters. The summed E-state index contributed by atoms with van der Waals surface area (Å²) in [6, 6.07) is 0. The summed E-state index contributed by atoms with van der Waals surface area (Å²) < 4.78 is 27.5. The number of rotatable bonds is 18. The van der Waals surface area contributed by atoms with Gasteiger partial charge in [-0.15, -0.1) is 0 Å². The highest BCUT2D eigenvalue weighted by molar-refractivity contribution is 7.86. The maximum Gasteiger partial charge on any atom is 0.264 e. The normalized spacial score (nSPS) is 14.6. The van der Waals surface area contributed by atoms with Crippen molar-refractivity contribution in [2.45, 2.75) is 109 Å². The van der Waals surface area contributed by atoms with Gasteiger partial charge in [0.15, 0.2) is 0 Å². The Labute approximate surface area is 155 Å². The van der Waals surface area contributed by atoms with Crippen molar-refractivity contribution < 1.29 is 22.8 Å². The van der Waals surface area contributed by atoms with Crippen molar-refractivity contribution in [3.05, 3.63) is 0 Å². The number of unbranched alkanes of at least 4 members (excludes halogenated alkanes) is 11. The molecule has 0 aliphatic heterocycles. The van der Waals surface area contributed by atoms with E-state index in [0.29, 0.717) is 6.42 Å². The van der Waals surface area contributed by atoms with Gasteiger partial charge in [0, 0.05) is 6.61 Å². The van der Waals surface area contributed by atoms with Crippen LogP contribution in [0.4, 0.5) is 0 Å². The molecule has 5 nitrogen and oxygen atoms in total. The molecule has 0 saturated carbocycles. The molecular formula is C19H40O5S. The fourth-order valence-corrected chi connectivity index (χ4v) is 3.71. The minimum Gasteiger partial charge on any atom is -0.396 e. The minimum absolute atomic E-state index is 0.137. The third-order valence-electron chi connectivity index (χ3n) is 4.49. The minimum atomic E-state index is -3.59. The van der Waals surface area contributed by atoms with Gasteiger partial charge in [-0.05, 0) is 12.8 Å². The van der Waals surface area contributed by atoms with Crippen LogP contribution in [0.25, 0.3) is 0 Å². The molecule has 0 aliphatic carbocycles. The van der Waals surface area contributed by atoms with Gasteiger partial charge in [0.2, 0.25) is 0 Å². The Morgan fingerprint density at radius 3 is 1.64 bits per heavy atom. The fraction of sp³-hybridized carbons (Fsp3) is 1.00. The molecule has 6 heteroatoms. The van der Waals surface area contributed by atoms with E-state index in [-0.39, 0.29) is 13.0 Å². The Morgan fingerprint density at radius 2 is 1.24 bits per heavy atom. The van der Waals surface area contributed by atoms with E-state index in [1.54, 1.807) is 0 Å². The molecule has 152 valence electrons. The maximum atomic E-state index is 11.3. The molecule has 25 heavy (non-hydrogen) atoms. The van der Waals surface area contributed by atoms with Gasteiger partial charge in [0.05, 0.1) is 12.4 Å². The second-order valence-electron chi connectivity index (χ2n) is 7.10. The Morgan fingerprint density at radius 1 is 0.800 bits per heavy atom. The van der Waals surface area contributed by atoms with Crippen LogP contribution in [0.5, 0.6) is 0 Å². The maximum absolute atomic E-state index is 11.3. The molecule has 0 saturated heterocycles. The largest absolute Gasteiger partial charge is 0.396 e. The average molecular weight is 381 g/mol. The quantitative estimate of drug-likeness (QED) is 0.275. The van der Waals surface area contributed by atoms with Crippen LogP contribution in [0.3, 0.4) is 0 Å². The van der Waals surface area contributed by atoms with Crippen LogP contribution in [0.15, 0.2) is 0 Å². The molecule has 0 aromatic heterocycles. The standard InChI is InChI=1S/C19H40O5S/c1-3-4-5-6-7-8-9-10-11-12-13-14-15-19(18(21)16-17-20)24-25(2,22)23/h18-21H,3-17H2,1-2H3. The highest BCUT2D eigenvalue weighted by Crippen LogP contribution is 2.17. The summed E-state index contributed by atoms with van der Waals surface area (Å²) in [6.07, 6.45) is 14.8. The molecular weight excluding hydrogens is 340 g/mol. The zero-order chi connectivity index (χ0) is 19.0. The molecule has 0 heterocycles. The topological polar surface area (TPSA) is 83.8 Å². The summed E-state index contributed by atoms with van der Waals surface area (Å²) in [5, 5.41) is 18.8. The van der Waals surface area contributed by atoms with Crippen LogP contribution in [-0.2, 0) is 14.3 Å². The monoisotopic (exact) mass is 380 g/mol. The smallest absolute Gasteiger partial charge is 0.264 e. The molecule has 0 bridgehead atoms. The first-order valence-electron chi connectivity index (χ1n) is 10.1. The second kappa shape index (κ2) is 16.0. The van der Waals surface area contributed by atoms with E-state index in [2.05, 4.69) is 6.92 Å². The number of aliphatic hydroxyl groups is 2. The van der Waals surface area contributed by atoms with Gasteiger partial charge in [-0.1, -0.05) is 84.0 Å². The second-order valence-corrected chi connectivity index (χ2v) is 8.70. The van der Waals surface area contributed by atoms with Gasteiger partial charge in [-0.3, -0.25) is 4.18 Å². The zero-order valence-corrected chi connectivity index (χ0v) is 17.1. The molecule has 0 radical (unpaired) electrons. The van der Waals surface area contributed by atoms with Crippen molar-refractivity contribution in [3.8, 4) is 0 Å². The fourth-order valence-electron chi connectivity index (χ4n) is 3.03. The highest BCUT2D eigenvalue weighted by Gasteiger charge is 2.23. The molecule has 0 aliphatic rings. The summed E-state index contributed by atoms with van der Waals surface area (Å²) in [4.78, 5) is 0. The molecule has 0 aromatic rings. The lowest BCUT2D eigenvalue weighted by molar-refractivity contribution is 0.0187. The number of hydrogen-bond donors (Lipinski definition) is 2. The first kappa shape index (κ1) is 24.8.